The van der Waals surface area contributed by atoms with Crippen LogP contribution in [0.3, 0.4) is 0 Å². The van der Waals surface area contributed by atoms with Crippen LogP contribution in [0.2, 0.25) is 0 Å². The van der Waals surface area contributed by atoms with Gasteiger partial charge in [-0.3, -0.25) is 9.59 Å². The summed E-state index contributed by atoms with van der Waals surface area (Å²) in [6, 6.07) is 1.76. The van der Waals surface area contributed by atoms with Gasteiger partial charge in [0.2, 0.25) is 11.8 Å². The van der Waals surface area contributed by atoms with Crippen LogP contribution >= 0.6 is 24.8 Å². The third-order valence-electron chi connectivity index (χ3n) is 4.76. The first-order chi connectivity index (χ1) is 11.1. The number of fused-ring (bicyclic) bond motifs is 1. The Morgan fingerprint density at radius 2 is 2.04 bits per heavy atom. The van der Waals surface area contributed by atoms with Gasteiger partial charge in [-0.05, 0) is 31.2 Å². The minimum absolute atomic E-state index is 0. The van der Waals surface area contributed by atoms with Crippen molar-refractivity contribution in [2.45, 2.75) is 44.2 Å². The van der Waals surface area contributed by atoms with Gasteiger partial charge in [0.1, 0.15) is 5.56 Å². The highest BCUT2D eigenvalue weighted by Gasteiger charge is 2.38. The molecule has 25 heavy (non-hydrogen) atoms. The van der Waals surface area contributed by atoms with E-state index in [0.29, 0.717) is 17.6 Å². The largest absolute Gasteiger partial charge is 0.480 e. The Balaban J connectivity index is 0.00000156. The SMILES string of the molecule is COc1ncc(NC(=O)C2CC3CCCCC3N2)cc1C(N)=O.Cl.Cl. The second-order valence-electron chi connectivity index (χ2n) is 6.24. The predicted octanol–water partition coefficient (Wildman–Crippen LogP) is 1.89. The molecule has 0 spiro atoms. The van der Waals surface area contributed by atoms with E-state index in [1.54, 1.807) is 0 Å². The number of ether oxygens (including phenoxy) is 1. The molecular weight excluding hydrogens is 367 g/mol. The highest BCUT2D eigenvalue weighted by atomic mass is 35.5. The molecule has 2 aliphatic rings. The molecule has 2 heterocycles. The zero-order valence-electron chi connectivity index (χ0n) is 14.0. The summed E-state index contributed by atoms with van der Waals surface area (Å²) in [6.07, 6.45) is 7.14. The maximum Gasteiger partial charge on any atom is 0.254 e. The van der Waals surface area contributed by atoms with Gasteiger partial charge in [-0.15, -0.1) is 24.8 Å². The van der Waals surface area contributed by atoms with E-state index in [9.17, 15) is 9.59 Å². The molecule has 0 bridgehead atoms. The molecule has 1 aromatic rings. The topological polar surface area (TPSA) is 106 Å². The second-order valence-corrected chi connectivity index (χ2v) is 6.24. The van der Waals surface area contributed by atoms with Crippen molar-refractivity contribution < 1.29 is 14.3 Å². The van der Waals surface area contributed by atoms with Crippen LogP contribution in [0.1, 0.15) is 42.5 Å². The lowest BCUT2D eigenvalue weighted by Crippen LogP contribution is -2.39. The number of methoxy groups -OCH3 is 1. The van der Waals surface area contributed by atoms with Crippen LogP contribution in [-0.2, 0) is 4.79 Å². The maximum absolute atomic E-state index is 12.4. The number of rotatable bonds is 4. The first-order valence-corrected chi connectivity index (χ1v) is 7.99. The first-order valence-electron chi connectivity index (χ1n) is 7.99. The molecule has 1 aliphatic heterocycles. The third kappa shape index (κ3) is 4.74. The summed E-state index contributed by atoms with van der Waals surface area (Å²) in [5.74, 6) is 0.00688. The van der Waals surface area contributed by atoms with Crippen LogP contribution in [0.25, 0.3) is 0 Å². The number of aromatic nitrogens is 1. The molecule has 2 amide bonds. The summed E-state index contributed by atoms with van der Waals surface area (Å²) in [5, 5.41) is 6.24. The fourth-order valence-corrected chi connectivity index (χ4v) is 3.61. The van der Waals surface area contributed by atoms with E-state index in [0.717, 1.165) is 12.8 Å². The van der Waals surface area contributed by atoms with Crippen molar-refractivity contribution in [1.82, 2.24) is 10.3 Å². The molecule has 1 saturated heterocycles. The number of nitrogens with zero attached hydrogens (tertiary/aromatic N) is 1. The van der Waals surface area contributed by atoms with Crippen LogP contribution in [0.5, 0.6) is 5.88 Å². The Morgan fingerprint density at radius 1 is 1.32 bits per heavy atom. The molecule has 3 unspecified atom stereocenters. The summed E-state index contributed by atoms with van der Waals surface area (Å²) in [5.41, 5.74) is 5.90. The minimum Gasteiger partial charge on any atom is -0.480 e. The van der Waals surface area contributed by atoms with Gasteiger partial charge >= 0.3 is 0 Å². The normalized spacial score (nSPS) is 24.3. The van der Waals surface area contributed by atoms with Crippen LogP contribution in [0, 0.1) is 5.92 Å². The van der Waals surface area contributed by atoms with Crippen LogP contribution in [0.15, 0.2) is 12.3 Å². The number of carbonyl (C=O) groups is 2. The molecule has 9 heteroatoms. The highest BCUT2D eigenvalue weighted by Crippen LogP contribution is 2.33. The van der Waals surface area contributed by atoms with E-state index in [1.165, 1.54) is 38.6 Å². The zero-order valence-corrected chi connectivity index (χ0v) is 15.6. The van der Waals surface area contributed by atoms with E-state index in [1.807, 2.05) is 0 Å². The fourth-order valence-electron chi connectivity index (χ4n) is 3.61. The smallest absolute Gasteiger partial charge is 0.254 e. The number of hydrogen-bond acceptors (Lipinski definition) is 5. The van der Waals surface area contributed by atoms with E-state index >= 15 is 0 Å². The van der Waals surface area contributed by atoms with Gasteiger partial charge in [0.05, 0.1) is 25.0 Å². The summed E-state index contributed by atoms with van der Waals surface area (Å²) < 4.78 is 4.99. The average molecular weight is 391 g/mol. The first kappa shape index (κ1) is 21.5. The molecule has 4 N–H and O–H groups in total. The lowest BCUT2D eigenvalue weighted by Gasteiger charge is -2.24. The molecule has 140 valence electrons. The van der Waals surface area contributed by atoms with Crippen molar-refractivity contribution in [2.24, 2.45) is 11.7 Å². The number of nitrogens with one attached hydrogen (secondary N) is 2. The van der Waals surface area contributed by atoms with Gasteiger partial charge in [0.15, 0.2) is 0 Å². The highest BCUT2D eigenvalue weighted by molar-refractivity contribution is 5.99. The molecule has 7 nitrogen and oxygen atoms in total. The van der Waals surface area contributed by atoms with Gasteiger partial charge in [0, 0.05) is 6.04 Å². The average Bonchev–Trinajstić information content (AvgIpc) is 2.99. The number of anilines is 1. The molecule has 1 aliphatic carbocycles. The van der Waals surface area contributed by atoms with Crippen LogP contribution in [-0.4, -0.2) is 36.0 Å². The molecule has 0 radical (unpaired) electrons. The molecular formula is C16H24Cl2N4O3. The third-order valence-corrected chi connectivity index (χ3v) is 4.76. The maximum atomic E-state index is 12.4. The number of carbonyl (C=O) groups excluding carboxylic acids is 2. The molecule has 0 aromatic carbocycles. The Morgan fingerprint density at radius 3 is 2.68 bits per heavy atom. The molecule has 1 saturated carbocycles. The molecule has 3 atom stereocenters. The Bertz CT molecular complexity index is 615. The lowest BCUT2D eigenvalue weighted by molar-refractivity contribution is -0.117. The summed E-state index contributed by atoms with van der Waals surface area (Å²) in [7, 11) is 1.41. The number of pyridine rings is 1. The Labute approximate surface area is 159 Å². The van der Waals surface area contributed by atoms with Gasteiger partial charge < -0.3 is 21.1 Å². The predicted molar refractivity (Wildman–Crippen MR) is 99.7 cm³/mol. The van der Waals surface area contributed by atoms with Gasteiger partial charge in [-0.25, -0.2) is 4.98 Å². The lowest BCUT2D eigenvalue weighted by atomic mass is 9.85. The Kier molecular flexibility index (Phi) is 7.92. The summed E-state index contributed by atoms with van der Waals surface area (Å²) in [4.78, 5) is 27.9. The fraction of sp³-hybridized carbons (Fsp3) is 0.562. The summed E-state index contributed by atoms with van der Waals surface area (Å²) in [6.45, 7) is 0. The molecule has 2 fully saturated rings. The number of nitrogens with two attached hydrogens (primary N) is 1. The van der Waals surface area contributed by atoms with Crippen LogP contribution < -0.4 is 21.1 Å². The van der Waals surface area contributed by atoms with Gasteiger partial charge in [-0.2, -0.15) is 0 Å². The number of halogens is 2. The monoisotopic (exact) mass is 390 g/mol. The van der Waals surface area contributed by atoms with Gasteiger partial charge in [0.25, 0.3) is 5.91 Å². The Hall–Kier alpha value is -1.57. The molecule has 3 rings (SSSR count). The minimum atomic E-state index is -0.643. The van der Waals surface area contributed by atoms with Crippen molar-refractivity contribution in [3.8, 4) is 5.88 Å². The van der Waals surface area contributed by atoms with E-state index < -0.39 is 5.91 Å². The van der Waals surface area contributed by atoms with Crippen molar-refractivity contribution >= 4 is 42.3 Å². The van der Waals surface area contributed by atoms with E-state index in [2.05, 4.69) is 15.6 Å². The zero-order chi connectivity index (χ0) is 16.4. The molecule has 1 aromatic heterocycles. The van der Waals surface area contributed by atoms with Crippen molar-refractivity contribution in [2.75, 3.05) is 12.4 Å². The van der Waals surface area contributed by atoms with Crippen molar-refractivity contribution in [3.05, 3.63) is 17.8 Å². The van der Waals surface area contributed by atoms with Crippen molar-refractivity contribution in [1.29, 1.82) is 0 Å². The number of primary amides is 1. The van der Waals surface area contributed by atoms with Crippen LogP contribution in [0.4, 0.5) is 5.69 Å². The standard InChI is InChI=1S/C16H22N4O3.2ClH/c1-23-16-11(14(17)21)7-10(8-18-16)19-15(22)13-6-9-4-2-3-5-12(9)20-13;;/h7-9,12-13,20H,2-6H2,1H3,(H2,17,21)(H,19,22);2*1H. The summed E-state index contributed by atoms with van der Waals surface area (Å²) >= 11 is 0. The van der Waals surface area contributed by atoms with E-state index in [-0.39, 0.29) is 48.2 Å². The quantitative estimate of drug-likeness (QED) is 0.727. The number of hydrogen-bond donors (Lipinski definition) is 3. The number of amides is 2. The van der Waals surface area contributed by atoms with Crippen molar-refractivity contribution in [3.63, 3.8) is 0 Å². The van der Waals surface area contributed by atoms with Gasteiger partial charge in [-0.1, -0.05) is 12.8 Å². The van der Waals surface area contributed by atoms with E-state index in [4.69, 9.17) is 10.5 Å². The second kappa shape index (κ2) is 9.22.